The van der Waals surface area contributed by atoms with Gasteiger partial charge in [-0.1, -0.05) is 69.6 Å². The van der Waals surface area contributed by atoms with Crippen LogP contribution in [0.3, 0.4) is 0 Å². The molecule has 0 bridgehead atoms. The molecule has 0 atom stereocenters. The molecule has 284 valence electrons. The molecule has 0 unspecified atom stereocenters. The lowest BCUT2D eigenvalue weighted by molar-refractivity contribution is -0.140. The van der Waals surface area contributed by atoms with Gasteiger partial charge in [0, 0.05) is 43.0 Å². The number of nitrogens with one attached hydrogen (secondary N) is 1. The zero-order valence-corrected chi connectivity index (χ0v) is 33.9. The first-order valence-electron chi connectivity index (χ1n) is 16.4. The van der Waals surface area contributed by atoms with E-state index in [0.717, 1.165) is 0 Å². The van der Waals surface area contributed by atoms with Crippen LogP contribution in [0.5, 0.6) is 5.75 Å². The Hall–Kier alpha value is -3.56. The summed E-state index contributed by atoms with van der Waals surface area (Å²) in [4.78, 5) is 68.6. The average molecular weight is 874 g/mol. The molecule has 2 aliphatic heterocycles. The van der Waals surface area contributed by atoms with Crippen LogP contribution in [-0.4, -0.2) is 84.6 Å². The van der Waals surface area contributed by atoms with Crippen LogP contribution in [0.2, 0.25) is 0 Å². The van der Waals surface area contributed by atoms with Crippen molar-refractivity contribution >= 4 is 116 Å². The Morgan fingerprint density at radius 3 is 1.89 bits per heavy atom. The van der Waals surface area contributed by atoms with Crippen LogP contribution in [0, 0.1) is 5.92 Å². The predicted octanol–water partition coefficient (Wildman–Crippen LogP) is 7.50. The molecule has 2 fully saturated rings. The Labute approximate surface area is 346 Å². The van der Waals surface area contributed by atoms with Crippen LogP contribution < -0.4 is 10.1 Å². The highest BCUT2D eigenvalue weighted by molar-refractivity contribution is 7.80. The lowest BCUT2D eigenvalue weighted by Crippen LogP contribution is -2.55. The van der Waals surface area contributed by atoms with E-state index in [0.29, 0.717) is 61.6 Å². The number of aromatic nitrogens is 3. The van der Waals surface area contributed by atoms with Crippen molar-refractivity contribution in [2.75, 3.05) is 31.5 Å². The normalized spacial score (nSPS) is 16.0. The first kappa shape index (κ1) is 41.6. The molecule has 1 aromatic heterocycles. The number of nitrogens with zero attached hydrogens (tertiary/aromatic N) is 6. The van der Waals surface area contributed by atoms with Crippen LogP contribution in [0.15, 0.2) is 72.5 Å². The van der Waals surface area contributed by atoms with Crippen molar-refractivity contribution in [2.24, 2.45) is 5.92 Å². The maximum Gasteiger partial charge on any atom is 0.314 e. The number of thiocarbonyl (C=S) groups is 1. The van der Waals surface area contributed by atoms with Crippen LogP contribution >= 0.6 is 81.8 Å². The predicted molar refractivity (Wildman–Crippen MR) is 213 cm³/mol. The second kappa shape index (κ2) is 17.5. The quantitative estimate of drug-likeness (QED) is 0.0575. The SMILES string of the molecule is CCN1C(=O)C(=CC=CN2CCC(C(=O)Oc3ccc(C(=O)Nc4ccc(-c5nc(C(Cl)(Cl)Cl)nc(C(Cl)(Cl)Cl)n5)cc4)cc3)CC2)C(=O)N(CC)C1=S. The van der Waals surface area contributed by atoms with Gasteiger partial charge in [-0.2, -0.15) is 0 Å². The lowest BCUT2D eigenvalue weighted by Gasteiger charge is -2.35. The summed E-state index contributed by atoms with van der Waals surface area (Å²) in [5.74, 6) is -2.01. The third-order valence-corrected chi connectivity index (χ3v) is 9.80. The van der Waals surface area contributed by atoms with Crippen molar-refractivity contribution in [2.45, 2.75) is 34.3 Å². The summed E-state index contributed by atoms with van der Waals surface area (Å²) >= 11 is 41.1. The van der Waals surface area contributed by atoms with Gasteiger partial charge in [0.25, 0.3) is 17.7 Å². The fourth-order valence-corrected chi connectivity index (χ4v) is 6.42. The smallest absolute Gasteiger partial charge is 0.314 e. The monoisotopic (exact) mass is 871 g/mol. The van der Waals surface area contributed by atoms with E-state index in [9.17, 15) is 19.2 Å². The van der Waals surface area contributed by atoms with Crippen molar-refractivity contribution in [3.63, 3.8) is 0 Å². The number of ether oxygens (including phenoxy) is 1. The lowest BCUT2D eigenvalue weighted by atomic mass is 9.97. The number of alkyl halides is 6. The zero-order valence-electron chi connectivity index (χ0n) is 28.6. The summed E-state index contributed by atoms with van der Waals surface area (Å²) in [6.45, 7) is 5.48. The van der Waals surface area contributed by atoms with E-state index in [4.69, 9.17) is 86.6 Å². The maximum atomic E-state index is 13.0. The van der Waals surface area contributed by atoms with Crippen LogP contribution in [-0.2, 0) is 22.0 Å². The summed E-state index contributed by atoms with van der Waals surface area (Å²) in [7, 11) is 0. The number of carbonyl (C=O) groups is 4. The van der Waals surface area contributed by atoms with Gasteiger partial charge in [-0.3, -0.25) is 29.0 Å². The number of anilines is 1. The van der Waals surface area contributed by atoms with Gasteiger partial charge in [-0.15, -0.1) is 0 Å². The fourth-order valence-electron chi connectivity index (χ4n) is 5.49. The Morgan fingerprint density at radius 1 is 0.852 bits per heavy atom. The molecule has 2 aromatic carbocycles. The van der Waals surface area contributed by atoms with E-state index in [1.807, 2.05) is 4.90 Å². The summed E-state index contributed by atoms with van der Waals surface area (Å²) in [5.41, 5.74) is 1.31. The minimum Gasteiger partial charge on any atom is -0.426 e. The number of halogens is 6. The van der Waals surface area contributed by atoms with Crippen LogP contribution in [0.1, 0.15) is 48.7 Å². The summed E-state index contributed by atoms with van der Waals surface area (Å²) in [5, 5.41) is 3.00. The molecule has 19 heteroatoms. The number of hydrogen-bond donors (Lipinski definition) is 1. The van der Waals surface area contributed by atoms with Gasteiger partial charge in [-0.25, -0.2) is 15.0 Å². The molecule has 0 saturated carbocycles. The number of rotatable bonds is 9. The summed E-state index contributed by atoms with van der Waals surface area (Å²) in [6, 6.07) is 12.7. The van der Waals surface area contributed by atoms with Crippen molar-refractivity contribution in [3.05, 3.63) is 89.7 Å². The van der Waals surface area contributed by atoms with E-state index in [-0.39, 0.29) is 40.0 Å². The van der Waals surface area contributed by atoms with Crippen molar-refractivity contribution in [1.29, 1.82) is 0 Å². The number of esters is 1. The molecule has 3 heterocycles. The van der Waals surface area contributed by atoms with Gasteiger partial charge in [0.15, 0.2) is 22.6 Å². The van der Waals surface area contributed by atoms with Gasteiger partial charge < -0.3 is 15.0 Å². The number of hydrogen-bond acceptors (Lipinski definition) is 10. The highest BCUT2D eigenvalue weighted by Gasteiger charge is 2.38. The standard InChI is InChI=1S/C35H31Cl6N7O5S/c1-3-47-28(50)25(29(51)48(4-2)33(47)54)6-5-17-46-18-15-22(16-19-46)30(52)53-24-13-9-21(10-14-24)27(49)42-23-11-7-20(8-12-23)26-43-31(34(36,37)38)45-32(44-26)35(39,40)41/h5-14,17,22H,3-4,15-16,18-19H2,1-2H3,(H,42,49). The number of carbonyl (C=O) groups excluding carboxylic acids is 4. The highest BCUT2D eigenvalue weighted by Crippen LogP contribution is 2.41. The molecular weight excluding hydrogens is 843 g/mol. The Morgan fingerprint density at radius 2 is 1.39 bits per heavy atom. The number of likely N-dealkylation sites (N-methyl/N-ethyl adjacent to an activating group) is 2. The third-order valence-electron chi connectivity index (χ3n) is 8.35. The molecule has 3 aromatic rings. The number of amides is 3. The minimum atomic E-state index is -2.01. The van der Waals surface area contributed by atoms with Crippen molar-refractivity contribution in [1.82, 2.24) is 29.7 Å². The summed E-state index contributed by atoms with van der Waals surface area (Å²) in [6.07, 6.45) is 6.07. The molecule has 3 amide bonds. The van der Waals surface area contributed by atoms with Crippen molar-refractivity contribution < 1.29 is 23.9 Å². The summed E-state index contributed by atoms with van der Waals surface area (Å²) < 4.78 is 1.60. The molecule has 54 heavy (non-hydrogen) atoms. The first-order valence-corrected chi connectivity index (χ1v) is 19.1. The molecule has 5 rings (SSSR count). The second-order valence-electron chi connectivity index (χ2n) is 11.9. The second-order valence-corrected chi connectivity index (χ2v) is 16.8. The van der Waals surface area contributed by atoms with Gasteiger partial charge >= 0.3 is 5.97 Å². The van der Waals surface area contributed by atoms with E-state index in [2.05, 4.69) is 20.3 Å². The third kappa shape index (κ3) is 9.99. The van der Waals surface area contributed by atoms with E-state index in [1.54, 1.807) is 74.7 Å². The number of allylic oxidation sites excluding steroid dienone is 2. The topological polar surface area (TPSA) is 138 Å². The average Bonchev–Trinajstić information content (AvgIpc) is 3.13. The Kier molecular flexibility index (Phi) is 13.5. The maximum absolute atomic E-state index is 13.0. The van der Waals surface area contributed by atoms with E-state index < -0.39 is 25.3 Å². The molecule has 2 aliphatic rings. The Bertz CT molecular complexity index is 1930. The molecule has 12 nitrogen and oxygen atoms in total. The molecular formula is C35H31Cl6N7O5S. The minimum absolute atomic E-state index is 0.0502. The molecule has 0 radical (unpaired) electrons. The molecule has 0 aliphatic carbocycles. The largest absolute Gasteiger partial charge is 0.426 e. The molecule has 0 spiro atoms. The van der Waals surface area contributed by atoms with Gasteiger partial charge in [0.2, 0.25) is 7.59 Å². The van der Waals surface area contributed by atoms with E-state index in [1.165, 1.54) is 15.9 Å². The van der Waals surface area contributed by atoms with Crippen LogP contribution in [0.25, 0.3) is 11.4 Å². The highest BCUT2D eigenvalue weighted by atomic mass is 35.6. The van der Waals surface area contributed by atoms with Crippen molar-refractivity contribution in [3.8, 4) is 17.1 Å². The first-order chi connectivity index (χ1) is 25.5. The zero-order chi connectivity index (χ0) is 39.4. The molecule has 1 N–H and O–H groups in total. The molecule has 2 saturated heterocycles. The fraction of sp³-hybridized carbons (Fsp3) is 0.314. The Balaban J connectivity index is 1.13. The van der Waals surface area contributed by atoms with Crippen LogP contribution in [0.4, 0.5) is 5.69 Å². The van der Waals surface area contributed by atoms with Gasteiger partial charge in [0.1, 0.15) is 11.3 Å². The van der Waals surface area contributed by atoms with Gasteiger partial charge in [-0.05, 0) is 106 Å². The van der Waals surface area contributed by atoms with E-state index >= 15 is 0 Å². The van der Waals surface area contributed by atoms with Gasteiger partial charge in [0.05, 0.1) is 5.92 Å². The number of piperidine rings is 1. The number of benzene rings is 2. The number of likely N-dealkylation sites (tertiary alicyclic amines) is 1.